The minimum absolute atomic E-state index is 0.111. The van der Waals surface area contributed by atoms with Gasteiger partial charge in [0, 0.05) is 23.7 Å². The van der Waals surface area contributed by atoms with Crippen LogP contribution in [0.25, 0.3) is 0 Å². The highest BCUT2D eigenvalue weighted by molar-refractivity contribution is 7.91. The van der Waals surface area contributed by atoms with Gasteiger partial charge in [-0.25, -0.2) is 13.8 Å². The molecule has 0 saturated carbocycles. The zero-order valence-corrected chi connectivity index (χ0v) is 14.5. The third-order valence-corrected chi connectivity index (χ3v) is 6.15. The SMILES string of the molecule is O=C(N/N=C\c1cccs1)c1ccccc1N1CCS(=O)(=O)CC1. The molecule has 1 aromatic carbocycles. The van der Waals surface area contributed by atoms with Gasteiger partial charge < -0.3 is 4.90 Å². The third kappa shape index (κ3) is 4.01. The summed E-state index contributed by atoms with van der Waals surface area (Å²) in [5.41, 5.74) is 3.74. The monoisotopic (exact) mass is 363 g/mol. The summed E-state index contributed by atoms with van der Waals surface area (Å²) in [6.45, 7) is 0.788. The number of hydrogen-bond donors (Lipinski definition) is 1. The number of benzene rings is 1. The molecule has 6 nitrogen and oxygen atoms in total. The first-order chi connectivity index (χ1) is 11.6. The van der Waals surface area contributed by atoms with Crippen molar-refractivity contribution < 1.29 is 13.2 Å². The molecule has 1 aliphatic heterocycles. The van der Waals surface area contributed by atoms with Gasteiger partial charge in [-0.1, -0.05) is 18.2 Å². The number of para-hydroxylation sites is 1. The molecule has 1 aromatic heterocycles. The fourth-order valence-electron chi connectivity index (χ4n) is 2.47. The average molecular weight is 363 g/mol. The Morgan fingerprint density at radius 2 is 1.92 bits per heavy atom. The van der Waals surface area contributed by atoms with E-state index in [1.807, 2.05) is 34.5 Å². The van der Waals surface area contributed by atoms with E-state index in [4.69, 9.17) is 0 Å². The number of nitrogens with zero attached hydrogens (tertiary/aromatic N) is 2. The first-order valence-electron chi connectivity index (χ1n) is 7.46. The van der Waals surface area contributed by atoms with Crippen LogP contribution in [0.15, 0.2) is 46.9 Å². The Labute approximate surface area is 144 Å². The van der Waals surface area contributed by atoms with Crippen LogP contribution in [-0.4, -0.2) is 45.1 Å². The summed E-state index contributed by atoms with van der Waals surface area (Å²) in [6.07, 6.45) is 1.60. The maximum absolute atomic E-state index is 12.4. The van der Waals surface area contributed by atoms with E-state index in [1.165, 1.54) is 11.3 Å². The second kappa shape index (κ2) is 7.14. The van der Waals surface area contributed by atoms with Crippen molar-refractivity contribution in [3.05, 3.63) is 52.2 Å². The van der Waals surface area contributed by atoms with Gasteiger partial charge in [-0.2, -0.15) is 5.10 Å². The van der Waals surface area contributed by atoms with Gasteiger partial charge in [-0.05, 0) is 23.6 Å². The Balaban J connectivity index is 1.73. The molecule has 0 bridgehead atoms. The zero-order chi connectivity index (χ0) is 17.0. The molecule has 3 rings (SSSR count). The molecule has 126 valence electrons. The number of nitrogens with one attached hydrogen (secondary N) is 1. The summed E-state index contributed by atoms with van der Waals surface area (Å²) in [5.74, 6) is -0.0919. The molecule has 0 unspecified atom stereocenters. The standard InChI is InChI=1S/C16H17N3O3S2/c20-16(18-17-12-13-4-3-9-23-13)14-5-1-2-6-15(14)19-7-10-24(21,22)11-8-19/h1-6,9,12H,7-8,10-11H2,(H,18,20)/b17-12-. The average Bonchev–Trinajstić information content (AvgIpc) is 3.08. The van der Waals surface area contributed by atoms with Gasteiger partial charge in [0.05, 0.1) is 23.3 Å². The predicted molar refractivity (Wildman–Crippen MR) is 96.7 cm³/mol. The normalized spacial score (nSPS) is 17.1. The first-order valence-corrected chi connectivity index (χ1v) is 10.2. The minimum Gasteiger partial charge on any atom is -0.369 e. The molecule has 2 heterocycles. The zero-order valence-electron chi connectivity index (χ0n) is 12.9. The summed E-state index contributed by atoms with van der Waals surface area (Å²) in [5, 5.41) is 5.90. The van der Waals surface area contributed by atoms with Gasteiger partial charge in [-0.15, -0.1) is 11.3 Å². The second-order valence-corrected chi connectivity index (χ2v) is 8.65. The van der Waals surface area contributed by atoms with Crippen molar-refractivity contribution in [1.82, 2.24) is 5.43 Å². The van der Waals surface area contributed by atoms with Crippen LogP contribution in [0.1, 0.15) is 15.2 Å². The van der Waals surface area contributed by atoms with Crippen LogP contribution >= 0.6 is 11.3 Å². The Bertz CT molecular complexity index is 831. The molecule has 1 aliphatic rings. The maximum Gasteiger partial charge on any atom is 0.273 e. The third-order valence-electron chi connectivity index (χ3n) is 3.73. The van der Waals surface area contributed by atoms with Crippen LogP contribution in [0.2, 0.25) is 0 Å². The van der Waals surface area contributed by atoms with E-state index in [0.29, 0.717) is 18.7 Å². The Hall–Kier alpha value is -2.19. The smallest absolute Gasteiger partial charge is 0.273 e. The lowest BCUT2D eigenvalue weighted by atomic mass is 10.1. The molecule has 1 N–H and O–H groups in total. The maximum atomic E-state index is 12.4. The highest BCUT2D eigenvalue weighted by Gasteiger charge is 2.24. The van der Waals surface area contributed by atoms with Crippen molar-refractivity contribution in [1.29, 1.82) is 0 Å². The number of sulfone groups is 1. The fourth-order valence-corrected chi connectivity index (χ4v) is 4.26. The van der Waals surface area contributed by atoms with Crippen LogP contribution in [0.4, 0.5) is 5.69 Å². The van der Waals surface area contributed by atoms with Gasteiger partial charge in [0.25, 0.3) is 5.91 Å². The highest BCUT2D eigenvalue weighted by Crippen LogP contribution is 2.22. The minimum atomic E-state index is -2.96. The summed E-state index contributed by atoms with van der Waals surface area (Å²) in [4.78, 5) is 15.3. The number of thiophene rings is 1. The number of carbonyl (C=O) groups excluding carboxylic acids is 1. The number of amides is 1. The molecule has 1 saturated heterocycles. The van der Waals surface area contributed by atoms with E-state index in [2.05, 4.69) is 10.5 Å². The molecule has 0 aliphatic carbocycles. The largest absolute Gasteiger partial charge is 0.369 e. The van der Waals surface area contributed by atoms with Crippen molar-refractivity contribution in [3.63, 3.8) is 0 Å². The second-order valence-electron chi connectivity index (χ2n) is 5.37. The van der Waals surface area contributed by atoms with Crippen LogP contribution in [0.3, 0.4) is 0 Å². The Kier molecular flexibility index (Phi) is 4.96. The van der Waals surface area contributed by atoms with Gasteiger partial charge in [0.1, 0.15) is 0 Å². The van der Waals surface area contributed by atoms with Crippen LogP contribution in [0.5, 0.6) is 0 Å². The van der Waals surface area contributed by atoms with Gasteiger partial charge in [-0.3, -0.25) is 4.79 Å². The topological polar surface area (TPSA) is 78.8 Å². The lowest BCUT2D eigenvalue weighted by Crippen LogP contribution is -2.41. The van der Waals surface area contributed by atoms with E-state index in [9.17, 15) is 13.2 Å². The summed E-state index contributed by atoms with van der Waals surface area (Å²) >= 11 is 1.53. The van der Waals surface area contributed by atoms with E-state index >= 15 is 0 Å². The molecular weight excluding hydrogens is 346 g/mol. The van der Waals surface area contributed by atoms with E-state index in [0.717, 1.165) is 10.6 Å². The van der Waals surface area contributed by atoms with Gasteiger partial charge in [0.15, 0.2) is 9.84 Å². The molecule has 0 radical (unpaired) electrons. The molecule has 24 heavy (non-hydrogen) atoms. The molecular formula is C16H17N3O3S2. The van der Waals surface area contributed by atoms with E-state index in [1.54, 1.807) is 18.3 Å². The van der Waals surface area contributed by atoms with Crippen molar-refractivity contribution >= 4 is 39.0 Å². The summed E-state index contributed by atoms with van der Waals surface area (Å²) in [6, 6.07) is 11.0. The lowest BCUT2D eigenvalue weighted by Gasteiger charge is -2.30. The van der Waals surface area contributed by atoms with Crippen LogP contribution in [-0.2, 0) is 9.84 Å². The summed E-state index contributed by atoms with van der Waals surface area (Å²) in [7, 11) is -2.96. The van der Waals surface area contributed by atoms with E-state index < -0.39 is 9.84 Å². The molecule has 0 spiro atoms. The van der Waals surface area contributed by atoms with Crippen molar-refractivity contribution in [2.75, 3.05) is 29.5 Å². The summed E-state index contributed by atoms with van der Waals surface area (Å²) < 4.78 is 23.2. The fraction of sp³-hybridized carbons (Fsp3) is 0.250. The number of hydrazone groups is 1. The molecule has 8 heteroatoms. The number of rotatable bonds is 4. The highest BCUT2D eigenvalue weighted by atomic mass is 32.2. The Morgan fingerprint density at radius 1 is 1.17 bits per heavy atom. The van der Waals surface area contributed by atoms with Crippen LogP contribution < -0.4 is 10.3 Å². The molecule has 1 amide bonds. The molecule has 2 aromatic rings. The molecule has 1 fully saturated rings. The van der Waals surface area contributed by atoms with E-state index in [-0.39, 0.29) is 17.4 Å². The lowest BCUT2D eigenvalue weighted by molar-refractivity contribution is 0.0955. The van der Waals surface area contributed by atoms with Gasteiger partial charge >= 0.3 is 0 Å². The number of anilines is 1. The number of carbonyl (C=O) groups is 1. The van der Waals surface area contributed by atoms with Crippen LogP contribution in [0, 0.1) is 0 Å². The van der Waals surface area contributed by atoms with Crippen molar-refractivity contribution in [3.8, 4) is 0 Å². The van der Waals surface area contributed by atoms with Gasteiger partial charge in [0.2, 0.25) is 0 Å². The van der Waals surface area contributed by atoms with Crippen molar-refractivity contribution in [2.45, 2.75) is 0 Å². The quantitative estimate of drug-likeness (QED) is 0.663. The van der Waals surface area contributed by atoms with Crippen molar-refractivity contribution in [2.24, 2.45) is 5.10 Å². The molecule has 0 atom stereocenters. The number of hydrogen-bond acceptors (Lipinski definition) is 6. The predicted octanol–water partition coefficient (Wildman–Crippen LogP) is 1.75. The first kappa shape index (κ1) is 16.7. The Morgan fingerprint density at radius 3 is 2.62 bits per heavy atom.